The van der Waals surface area contributed by atoms with Gasteiger partial charge in [-0.05, 0) is 11.1 Å². The van der Waals surface area contributed by atoms with Crippen LogP contribution in [0.5, 0.6) is 0 Å². The second kappa shape index (κ2) is 6.64. The number of ether oxygens (including phenoxy) is 1. The maximum Gasteiger partial charge on any atom is 0.257 e. The number of fused-ring (bicyclic) bond motifs is 4. The zero-order valence-electron chi connectivity index (χ0n) is 16.3. The van der Waals surface area contributed by atoms with E-state index in [2.05, 4.69) is 30.3 Å². The highest BCUT2D eigenvalue weighted by Gasteiger charge is 2.65. The summed E-state index contributed by atoms with van der Waals surface area (Å²) >= 11 is 0. The molecule has 0 saturated carbocycles. The Morgan fingerprint density at radius 2 is 1.10 bits per heavy atom. The topological polar surface area (TPSA) is 27.7 Å². The van der Waals surface area contributed by atoms with Gasteiger partial charge in [-0.3, -0.25) is 4.74 Å². The Bertz CT molecular complexity index is 1180. The van der Waals surface area contributed by atoms with E-state index < -0.39 is 11.6 Å². The molecule has 0 amide bonds. The van der Waals surface area contributed by atoms with Crippen molar-refractivity contribution in [2.75, 3.05) is 0 Å². The molecule has 0 spiro atoms. The average molecular weight is 392 g/mol. The Morgan fingerprint density at radius 3 is 1.80 bits per heavy atom. The molecule has 2 heterocycles. The third-order valence-electron chi connectivity index (χ3n) is 6.05. The van der Waals surface area contributed by atoms with Crippen molar-refractivity contribution in [3.05, 3.63) is 143 Å². The molecule has 2 aliphatic rings. The third kappa shape index (κ3) is 2.37. The highest BCUT2D eigenvalue weighted by Crippen LogP contribution is 2.62. The van der Waals surface area contributed by atoms with E-state index in [4.69, 9.17) is 14.5 Å². The lowest BCUT2D eigenvalue weighted by atomic mass is 9.74. The van der Waals surface area contributed by atoms with Gasteiger partial charge in [-0.1, -0.05) is 115 Å². The minimum atomic E-state index is -1.13. The van der Waals surface area contributed by atoms with E-state index in [0.29, 0.717) is 0 Å². The summed E-state index contributed by atoms with van der Waals surface area (Å²) in [6.07, 6.45) is 0. The van der Waals surface area contributed by atoms with Crippen molar-refractivity contribution in [2.45, 2.75) is 17.5 Å². The van der Waals surface area contributed by atoms with Gasteiger partial charge in [0.15, 0.2) is 0 Å². The molecular weight excluding hydrogens is 372 g/mol. The quantitative estimate of drug-likeness (QED) is 0.409. The standard InChI is InChI=1S/C27H20O3/c1-4-12-20(13-5-1)25-23-18-10-11-19-24(23)26(21-14-6-2-7-15-21)28-27(25,30-29-26)22-16-8-3-9-17-22/h1-19,25H. The Labute approximate surface area is 175 Å². The first-order chi connectivity index (χ1) is 14.8. The number of hydrogen-bond acceptors (Lipinski definition) is 3. The molecular formula is C27H20O3. The van der Waals surface area contributed by atoms with Gasteiger partial charge in [-0.15, -0.1) is 0 Å². The molecule has 1 saturated heterocycles. The summed E-state index contributed by atoms with van der Waals surface area (Å²) in [4.78, 5) is 12.4. The van der Waals surface area contributed by atoms with Crippen LogP contribution in [-0.2, 0) is 26.1 Å². The first-order valence-electron chi connectivity index (χ1n) is 10.2. The van der Waals surface area contributed by atoms with Crippen LogP contribution in [0.4, 0.5) is 0 Å². The number of hydrogen-bond donors (Lipinski definition) is 0. The summed E-state index contributed by atoms with van der Waals surface area (Å²) in [5, 5.41) is 0. The molecule has 4 aromatic carbocycles. The summed E-state index contributed by atoms with van der Waals surface area (Å²) in [7, 11) is 0. The fraction of sp³-hybridized carbons (Fsp3) is 0.111. The summed E-state index contributed by atoms with van der Waals surface area (Å²) in [6.45, 7) is 0. The van der Waals surface area contributed by atoms with Crippen LogP contribution in [0.1, 0.15) is 33.7 Å². The lowest BCUT2D eigenvalue weighted by Gasteiger charge is -2.42. The smallest absolute Gasteiger partial charge is 0.257 e. The van der Waals surface area contributed by atoms with Crippen LogP contribution in [0, 0.1) is 0 Å². The van der Waals surface area contributed by atoms with Crippen LogP contribution in [0.2, 0.25) is 0 Å². The largest absolute Gasteiger partial charge is 0.299 e. The Morgan fingerprint density at radius 1 is 0.533 bits per heavy atom. The van der Waals surface area contributed by atoms with Crippen molar-refractivity contribution in [3.8, 4) is 0 Å². The normalized spacial score (nSPS) is 26.9. The molecule has 3 heteroatoms. The van der Waals surface area contributed by atoms with Gasteiger partial charge in [0.2, 0.25) is 5.79 Å². The van der Waals surface area contributed by atoms with Gasteiger partial charge in [-0.2, -0.15) is 9.78 Å². The Kier molecular flexibility index (Phi) is 3.90. The Hall–Kier alpha value is -3.24. The van der Waals surface area contributed by atoms with Crippen molar-refractivity contribution >= 4 is 0 Å². The molecule has 3 unspecified atom stereocenters. The van der Waals surface area contributed by atoms with Crippen LogP contribution in [-0.4, -0.2) is 0 Å². The van der Waals surface area contributed by atoms with Gasteiger partial charge in [0, 0.05) is 16.7 Å². The van der Waals surface area contributed by atoms with Crippen molar-refractivity contribution in [1.82, 2.24) is 0 Å². The van der Waals surface area contributed by atoms with Crippen molar-refractivity contribution in [3.63, 3.8) is 0 Å². The minimum Gasteiger partial charge on any atom is -0.299 e. The average Bonchev–Trinajstić information content (AvgIpc) is 3.19. The van der Waals surface area contributed by atoms with E-state index in [0.717, 1.165) is 27.8 Å². The molecule has 0 radical (unpaired) electrons. The maximum atomic E-state index is 6.89. The van der Waals surface area contributed by atoms with E-state index in [1.807, 2.05) is 84.9 Å². The highest BCUT2D eigenvalue weighted by molar-refractivity contribution is 5.51. The van der Waals surface area contributed by atoms with Gasteiger partial charge >= 0.3 is 0 Å². The third-order valence-corrected chi connectivity index (χ3v) is 6.05. The molecule has 2 aliphatic heterocycles. The van der Waals surface area contributed by atoms with E-state index in [-0.39, 0.29) is 5.92 Å². The maximum absolute atomic E-state index is 6.89. The van der Waals surface area contributed by atoms with E-state index in [1.165, 1.54) is 0 Å². The molecule has 0 N–H and O–H groups in total. The fourth-order valence-corrected chi connectivity index (χ4v) is 4.74. The first kappa shape index (κ1) is 17.6. The first-order valence-corrected chi connectivity index (χ1v) is 10.2. The summed E-state index contributed by atoms with van der Waals surface area (Å²) in [5.74, 6) is -2.41. The molecule has 3 nitrogen and oxygen atoms in total. The molecule has 1 fully saturated rings. The van der Waals surface area contributed by atoms with Gasteiger partial charge < -0.3 is 0 Å². The molecule has 0 aromatic heterocycles. The van der Waals surface area contributed by atoms with E-state index in [9.17, 15) is 0 Å². The second-order valence-corrected chi connectivity index (χ2v) is 7.72. The lowest BCUT2D eigenvalue weighted by Crippen LogP contribution is -2.44. The van der Waals surface area contributed by atoms with E-state index in [1.54, 1.807) is 0 Å². The van der Waals surface area contributed by atoms with E-state index >= 15 is 0 Å². The lowest BCUT2D eigenvalue weighted by molar-refractivity contribution is -0.349. The second-order valence-electron chi connectivity index (χ2n) is 7.72. The predicted octanol–water partition coefficient (Wildman–Crippen LogP) is 5.86. The molecule has 30 heavy (non-hydrogen) atoms. The molecule has 0 aliphatic carbocycles. The highest BCUT2D eigenvalue weighted by atomic mass is 17.3. The SMILES string of the molecule is c1ccc(C2c3ccccc3C3(c4ccccc4)OOC2(c2ccccc2)O3)cc1. The fourth-order valence-electron chi connectivity index (χ4n) is 4.74. The summed E-state index contributed by atoms with van der Waals surface area (Å²) in [6, 6.07) is 38.7. The monoisotopic (exact) mass is 392 g/mol. The van der Waals surface area contributed by atoms with Crippen LogP contribution in [0.25, 0.3) is 0 Å². The summed E-state index contributed by atoms with van der Waals surface area (Å²) in [5.41, 5.74) is 5.04. The zero-order valence-corrected chi connectivity index (χ0v) is 16.3. The molecule has 146 valence electrons. The van der Waals surface area contributed by atoms with Crippen LogP contribution in [0.3, 0.4) is 0 Å². The predicted molar refractivity (Wildman–Crippen MR) is 113 cm³/mol. The molecule has 4 aromatic rings. The van der Waals surface area contributed by atoms with Gasteiger partial charge in [0.05, 0.1) is 5.92 Å². The van der Waals surface area contributed by atoms with Gasteiger partial charge in [-0.25, -0.2) is 0 Å². The van der Waals surface area contributed by atoms with Crippen molar-refractivity contribution in [1.29, 1.82) is 0 Å². The number of rotatable bonds is 3. The Balaban J connectivity index is 1.67. The van der Waals surface area contributed by atoms with Crippen molar-refractivity contribution < 1.29 is 14.5 Å². The number of benzene rings is 4. The molecule has 3 atom stereocenters. The molecule has 2 bridgehead atoms. The minimum absolute atomic E-state index is 0.184. The van der Waals surface area contributed by atoms with Crippen LogP contribution < -0.4 is 0 Å². The molecule has 6 rings (SSSR count). The van der Waals surface area contributed by atoms with Gasteiger partial charge in [0.1, 0.15) is 0 Å². The van der Waals surface area contributed by atoms with Crippen LogP contribution in [0.15, 0.2) is 115 Å². The zero-order chi connectivity index (χ0) is 20.0. The van der Waals surface area contributed by atoms with Gasteiger partial charge in [0.25, 0.3) is 5.79 Å². The van der Waals surface area contributed by atoms with Crippen LogP contribution >= 0.6 is 0 Å². The summed E-state index contributed by atoms with van der Waals surface area (Å²) < 4.78 is 6.89. The van der Waals surface area contributed by atoms with Crippen molar-refractivity contribution in [2.24, 2.45) is 0 Å².